The second-order valence-corrected chi connectivity index (χ2v) is 2.17. The summed E-state index contributed by atoms with van der Waals surface area (Å²) in [6, 6.07) is -1.04. The van der Waals surface area contributed by atoms with Gasteiger partial charge in [-0.05, 0) is 0 Å². The average molecular weight is 143 g/mol. The van der Waals surface area contributed by atoms with E-state index in [1.54, 1.807) is 0 Å². The molecule has 1 aliphatic heterocycles. The van der Waals surface area contributed by atoms with Gasteiger partial charge in [0, 0.05) is 18.4 Å². The molecule has 5 nitrogen and oxygen atoms in total. The number of hydrogen-bond acceptors (Lipinski definition) is 3. The van der Waals surface area contributed by atoms with E-state index in [0.717, 1.165) is 0 Å². The Labute approximate surface area is 57.8 Å². The van der Waals surface area contributed by atoms with Crippen molar-refractivity contribution in [2.24, 2.45) is 0 Å². The number of carbonyl (C=O) groups excluding carboxylic acids is 1. The van der Waals surface area contributed by atoms with E-state index in [0.29, 0.717) is 0 Å². The van der Waals surface area contributed by atoms with Gasteiger partial charge in [0.25, 0.3) is 11.9 Å². The molecule has 1 radical (unpaired) electrons. The number of likely N-dealkylation sites (tertiary alicyclic amines) is 1. The molecule has 1 atom stereocenters. The van der Waals surface area contributed by atoms with Crippen molar-refractivity contribution in [2.75, 3.05) is 7.05 Å². The number of hydrogen-bond donors (Lipinski definition) is 0. The van der Waals surface area contributed by atoms with Crippen LogP contribution in [0.25, 0.3) is 0 Å². The second-order valence-electron chi connectivity index (χ2n) is 2.17. The highest BCUT2D eigenvalue weighted by Crippen LogP contribution is 2.14. The van der Waals surface area contributed by atoms with E-state index in [4.69, 9.17) is 0 Å². The molecule has 55 valence electrons. The summed E-state index contributed by atoms with van der Waals surface area (Å²) in [5.74, 6) is -0.426. The Hall–Kier alpha value is -1.13. The fourth-order valence-corrected chi connectivity index (χ4v) is 0.860. The lowest BCUT2D eigenvalue weighted by Crippen LogP contribution is -2.30. The molecular weight excluding hydrogens is 136 g/mol. The zero-order chi connectivity index (χ0) is 7.72. The molecule has 0 aromatic carbocycles. The molecule has 0 aromatic heterocycles. The Morgan fingerprint density at radius 1 is 1.90 bits per heavy atom. The summed E-state index contributed by atoms with van der Waals surface area (Å²) in [7, 11) is 1.52. The maximum atomic E-state index is 10.8. The molecule has 5 heteroatoms. The maximum Gasteiger partial charge on any atom is 0.297 e. The molecule has 1 amide bonds. The lowest BCUT2D eigenvalue weighted by molar-refractivity contribution is -0.505. The van der Waals surface area contributed by atoms with E-state index >= 15 is 0 Å². The number of nitro groups is 1. The van der Waals surface area contributed by atoms with Gasteiger partial charge in [-0.25, -0.2) is 0 Å². The van der Waals surface area contributed by atoms with Crippen LogP contribution >= 0.6 is 0 Å². The molecule has 0 N–H and O–H groups in total. The molecule has 1 saturated heterocycles. The minimum atomic E-state index is -1.04. The van der Waals surface area contributed by atoms with E-state index in [2.05, 4.69) is 0 Å². The lowest BCUT2D eigenvalue weighted by Gasteiger charge is -2.03. The Morgan fingerprint density at radius 3 is 2.70 bits per heavy atom. The van der Waals surface area contributed by atoms with Gasteiger partial charge in [-0.3, -0.25) is 14.9 Å². The van der Waals surface area contributed by atoms with E-state index in [1.807, 2.05) is 0 Å². The Bertz CT molecular complexity index is 180. The molecule has 10 heavy (non-hydrogen) atoms. The van der Waals surface area contributed by atoms with Crippen LogP contribution < -0.4 is 0 Å². The smallest absolute Gasteiger partial charge is 0.297 e. The highest BCUT2D eigenvalue weighted by atomic mass is 16.6. The van der Waals surface area contributed by atoms with Gasteiger partial charge in [-0.1, -0.05) is 0 Å². The third kappa shape index (κ3) is 0.940. The maximum absolute atomic E-state index is 10.8. The van der Waals surface area contributed by atoms with Crippen molar-refractivity contribution in [1.29, 1.82) is 0 Å². The molecule has 0 aliphatic carbocycles. The molecule has 1 fully saturated rings. The predicted octanol–water partition coefficient (Wildman–Crippen LogP) is -0.344. The molecule has 0 spiro atoms. The Kier molecular flexibility index (Phi) is 1.57. The van der Waals surface area contributed by atoms with Crippen molar-refractivity contribution >= 4 is 5.91 Å². The summed E-state index contributed by atoms with van der Waals surface area (Å²) < 4.78 is 0. The number of likely N-dealkylation sites (N-methyl/N-ethyl adjacent to an activating group) is 1. The van der Waals surface area contributed by atoms with E-state index in [-0.39, 0.29) is 6.42 Å². The van der Waals surface area contributed by atoms with Crippen molar-refractivity contribution in [2.45, 2.75) is 12.5 Å². The third-order valence-electron chi connectivity index (χ3n) is 1.49. The van der Waals surface area contributed by atoms with Crippen LogP contribution in [0.3, 0.4) is 0 Å². The van der Waals surface area contributed by atoms with Gasteiger partial charge in [0.15, 0.2) is 0 Å². The molecule has 0 bridgehead atoms. The zero-order valence-corrected chi connectivity index (χ0v) is 5.48. The average Bonchev–Trinajstić information content (AvgIpc) is 2.14. The second kappa shape index (κ2) is 2.24. The van der Waals surface area contributed by atoms with Gasteiger partial charge in [0.1, 0.15) is 0 Å². The van der Waals surface area contributed by atoms with Crippen LogP contribution in [0.4, 0.5) is 0 Å². The predicted molar refractivity (Wildman–Crippen MR) is 32.5 cm³/mol. The third-order valence-corrected chi connectivity index (χ3v) is 1.49. The molecule has 0 saturated carbocycles. The van der Waals surface area contributed by atoms with Gasteiger partial charge < -0.3 is 4.90 Å². The zero-order valence-electron chi connectivity index (χ0n) is 5.48. The summed E-state index contributed by atoms with van der Waals surface area (Å²) in [6.45, 7) is 1.52. The normalized spacial score (nSPS) is 25.5. The number of rotatable bonds is 1. The first-order valence-electron chi connectivity index (χ1n) is 2.86. The monoisotopic (exact) mass is 143 g/mol. The van der Waals surface area contributed by atoms with Crippen LogP contribution in [0.1, 0.15) is 6.42 Å². The summed E-state index contributed by atoms with van der Waals surface area (Å²) >= 11 is 0. The van der Waals surface area contributed by atoms with Gasteiger partial charge >= 0.3 is 0 Å². The Balaban J connectivity index is 2.66. The van der Waals surface area contributed by atoms with Crippen LogP contribution in [0.5, 0.6) is 0 Å². The number of nitrogens with zero attached hydrogens (tertiary/aromatic N) is 2. The molecule has 1 rings (SSSR count). The van der Waals surface area contributed by atoms with Crippen LogP contribution in [0, 0.1) is 16.7 Å². The summed E-state index contributed by atoms with van der Waals surface area (Å²) in [4.78, 5) is 21.6. The van der Waals surface area contributed by atoms with Gasteiger partial charge in [0.05, 0.1) is 6.54 Å². The number of amides is 1. The standard InChI is InChI=1S/C5H7N2O3/c1-6-3-2-4(5(6)8)7(9)10/h3-4H,2H2,1H3. The lowest BCUT2D eigenvalue weighted by atomic mass is 10.3. The van der Waals surface area contributed by atoms with Crippen molar-refractivity contribution in [1.82, 2.24) is 4.90 Å². The van der Waals surface area contributed by atoms with Crippen molar-refractivity contribution in [3.63, 3.8) is 0 Å². The topological polar surface area (TPSA) is 63.4 Å². The largest absolute Gasteiger partial charge is 0.334 e. The van der Waals surface area contributed by atoms with Crippen molar-refractivity contribution in [3.05, 3.63) is 16.7 Å². The highest BCUT2D eigenvalue weighted by molar-refractivity contribution is 5.83. The van der Waals surface area contributed by atoms with Crippen molar-refractivity contribution in [3.8, 4) is 0 Å². The summed E-state index contributed by atoms with van der Waals surface area (Å²) in [5.41, 5.74) is 0. The van der Waals surface area contributed by atoms with E-state index < -0.39 is 16.9 Å². The summed E-state index contributed by atoms with van der Waals surface area (Å²) in [6.07, 6.45) is 0.225. The summed E-state index contributed by atoms with van der Waals surface area (Å²) in [5, 5.41) is 10.1. The fraction of sp³-hybridized carbons (Fsp3) is 0.600. The highest BCUT2D eigenvalue weighted by Gasteiger charge is 2.38. The minimum Gasteiger partial charge on any atom is -0.334 e. The molecule has 1 heterocycles. The van der Waals surface area contributed by atoms with Crippen LogP contribution in [-0.2, 0) is 4.79 Å². The number of carbonyl (C=O) groups is 1. The fourth-order valence-electron chi connectivity index (χ4n) is 0.860. The first-order valence-corrected chi connectivity index (χ1v) is 2.86. The minimum absolute atomic E-state index is 0.225. The molecular formula is C5H7N2O3. The van der Waals surface area contributed by atoms with E-state index in [1.165, 1.54) is 18.5 Å². The van der Waals surface area contributed by atoms with Crippen LogP contribution in [-0.4, -0.2) is 28.8 Å². The van der Waals surface area contributed by atoms with Crippen LogP contribution in [0.15, 0.2) is 0 Å². The van der Waals surface area contributed by atoms with Gasteiger partial charge in [-0.15, -0.1) is 0 Å². The SMILES string of the molecule is CN1[CH]CC([N+](=O)[O-])C1=O. The van der Waals surface area contributed by atoms with E-state index in [9.17, 15) is 14.9 Å². The first kappa shape index (κ1) is 6.98. The van der Waals surface area contributed by atoms with Crippen molar-refractivity contribution < 1.29 is 9.72 Å². The van der Waals surface area contributed by atoms with Gasteiger partial charge in [-0.2, -0.15) is 0 Å². The molecule has 1 unspecified atom stereocenters. The molecule has 0 aromatic rings. The molecule has 1 aliphatic rings. The van der Waals surface area contributed by atoms with Gasteiger partial charge in [0.2, 0.25) is 0 Å². The van der Waals surface area contributed by atoms with Crippen LogP contribution in [0.2, 0.25) is 0 Å². The quantitative estimate of drug-likeness (QED) is 0.372. The Morgan fingerprint density at radius 2 is 2.50 bits per heavy atom. The first-order chi connectivity index (χ1) is 4.63.